The quantitative estimate of drug-likeness (QED) is 0.718. The van der Waals surface area contributed by atoms with Crippen LogP contribution in [-0.2, 0) is 6.42 Å². The lowest BCUT2D eigenvalue weighted by molar-refractivity contribution is 0.715. The highest BCUT2D eigenvalue weighted by molar-refractivity contribution is 5.36. The summed E-state index contributed by atoms with van der Waals surface area (Å²) < 4.78 is 0. The first-order chi connectivity index (χ1) is 8.86. The van der Waals surface area contributed by atoms with Gasteiger partial charge in [0.25, 0.3) is 0 Å². The molecular formula is C16H20N2. The fraction of sp³-hybridized carbons (Fsp3) is 0.312. The normalized spacial score (nSPS) is 10.3. The lowest BCUT2D eigenvalue weighted by atomic mass is 10.1. The molecule has 0 radical (unpaired) electrons. The van der Waals surface area contributed by atoms with Crippen LogP contribution in [0.1, 0.15) is 18.4 Å². The van der Waals surface area contributed by atoms with Gasteiger partial charge >= 0.3 is 0 Å². The summed E-state index contributed by atoms with van der Waals surface area (Å²) >= 11 is 0. The Balaban J connectivity index is 1.70. The molecule has 0 N–H and O–H groups in total. The minimum absolute atomic E-state index is 1.05. The van der Waals surface area contributed by atoms with Gasteiger partial charge in [0.15, 0.2) is 0 Å². The highest BCUT2D eigenvalue weighted by Crippen LogP contribution is 2.09. The second-order valence-corrected chi connectivity index (χ2v) is 4.55. The minimum atomic E-state index is 1.05. The Labute approximate surface area is 109 Å². The maximum Gasteiger partial charge on any atom is 0.128 e. The van der Waals surface area contributed by atoms with E-state index in [1.54, 1.807) is 0 Å². The second-order valence-electron chi connectivity index (χ2n) is 4.55. The van der Waals surface area contributed by atoms with Gasteiger partial charge in [-0.25, -0.2) is 4.98 Å². The molecule has 94 valence electrons. The van der Waals surface area contributed by atoms with E-state index in [-0.39, 0.29) is 0 Å². The summed E-state index contributed by atoms with van der Waals surface area (Å²) in [6.07, 6.45) is 5.43. The summed E-state index contributed by atoms with van der Waals surface area (Å²) in [7, 11) is 2.10. The van der Waals surface area contributed by atoms with Crippen molar-refractivity contribution in [1.82, 2.24) is 4.98 Å². The Bertz CT molecular complexity index is 439. The molecule has 0 unspecified atom stereocenters. The molecule has 18 heavy (non-hydrogen) atoms. The molecule has 0 spiro atoms. The van der Waals surface area contributed by atoms with Crippen LogP contribution < -0.4 is 4.90 Å². The van der Waals surface area contributed by atoms with Crippen molar-refractivity contribution in [2.75, 3.05) is 18.5 Å². The molecule has 1 heterocycles. The van der Waals surface area contributed by atoms with Gasteiger partial charge < -0.3 is 4.90 Å². The molecule has 2 nitrogen and oxygen atoms in total. The Morgan fingerprint density at radius 2 is 1.72 bits per heavy atom. The van der Waals surface area contributed by atoms with Crippen molar-refractivity contribution >= 4 is 5.82 Å². The standard InChI is InChI=1S/C16H20N2/c1-18(16-12-5-7-13-17-16)14-8-6-11-15-9-3-2-4-10-15/h2-5,7,9-10,12-13H,6,8,11,14H2,1H3. The molecule has 0 fully saturated rings. The maximum atomic E-state index is 4.34. The van der Waals surface area contributed by atoms with Crippen LogP contribution in [0.15, 0.2) is 54.7 Å². The van der Waals surface area contributed by atoms with Crippen LogP contribution in [-0.4, -0.2) is 18.6 Å². The molecule has 0 aliphatic heterocycles. The smallest absolute Gasteiger partial charge is 0.128 e. The van der Waals surface area contributed by atoms with Crippen molar-refractivity contribution in [3.05, 3.63) is 60.3 Å². The number of unbranched alkanes of at least 4 members (excludes halogenated alkanes) is 1. The van der Waals surface area contributed by atoms with E-state index >= 15 is 0 Å². The number of pyridine rings is 1. The van der Waals surface area contributed by atoms with Gasteiger partial charge in [-0.1, -0.05) is 36.4 Å². The van der Waals surface area contributed by atoms with Gasteiger partial charge in [0.2, 0.25) is 0 Å². The summed E-state index contributed by atoms with van der Waals surface area (Å²) in [6, 6.07) is 16.7. The Morgan fingerprint density at radius 1 is 0.944 bits per heavy atom. The van der Waals surface area contributed by atoms with Gasteiger partial charge in [-0.3, -0.25) is 0 Å². The molecule has 1 aromatic carbocycles. The van der Waals surface area contributed by atoms with E-state index in [1.807, 2.05) is 18.3 Å². The highest BCUT2D eigenvalue weighted by Gasteiger charge is 2.00. The summed E-state index contributed by atoms with van der Waals surface area (Å²) in [4.78, 5) is 6.55. The zero-order valence-corrected chi connectivity index (χ0v) is 10.9. The lowest BCUT2D eigenvalue weighted by Gasteiger charge is -2.17. The molecule has 2 aromatic rings. The Morgan fingerprint density at radius 3 is 2.44 bits per heavy atom. The first kappa shape index (κ1) is 12.6. The van der Waals surface area contributed by atoms with Crippen molar-refractivity contribution in [2.45, 2.75) is 19.3 Å². The van der Waals surface area contributed by atoms with Crippen molar-refractivity contribution in [3.63, 3.8) is 0 Å². The summed E-state index contributed by atoms with van der Waals surface area (Å²) in [5.41, 5.74) is 1.43. The molecule has 0 aliphatic rings. The van der Waals surface area contributed by atoms with Gasteiger partial charge in [0.05, 0.1) is 0 Å². The van der Waals surface area contributed by atoms with Crippen LogP contribution in [0.4, 0.5) is 5.82 Å². The van der Waals surface area contributed by atoms with E-state index in [0.717, 1.165) is 18.8 Å². The number of aryl methyl sites for hydroxylation is 1. The van der Waals surface area contributed by atoms with Gasteiger partial charge in [0.1, 0.15) is 5.82 Å². The predicted molar refractivity (Wildman–Crippen MR) is 76.9 cm³/mol. The van der Waals surface area contributed by atoms with Crippen molar-refractivity contribution in [3.8, 4) is 0 Å². The van der Waals surface area contributed by atoms with Crippen molar-refractivity contribution < 1.29 is 0 Å². The lowest BCUT2D eigenvalue weighted by Crippen LogP contribution is -2.19. The molecule has 0 atom stereocenters. The average Bonchev–Trinajstić information content (AvgIpc) is 2.45. The molecule has 0 bridgehead atoms. The zero-order valence-electron chi connectivity index (χ0n) is 10.9. The first-order valence-corrected chi connectivity index (χ1v) is 6.52. The summed E-state index contributed by atoms with van der Waals surface area (Å²) in [6.45, 7) is 1.06. The number of hydrogen-bond acceptors (Lipinski definition) is 2. The number of benzene rings is 1. The molecule has 0 amide bonds. The van der Waals surface area contributed by atoms with E-state index in [1.165, 1.54) is 18.4 Å². The maximum absolute atomic E-state index is 4.34. The Hall–Kier alpha value is -1.83. The topological polar surface area (TPSA) is 16.1 Å². The van der Waals surface area contributed by atoms with E-state index < -0.39 is 0 Å². The van der Waals surface area contributed by atoms with Gasteiger partial charge in [-0.2, -0.15) is 0 Å². The van der Waals surface area contributed by atoms with Gasteiger partial charge in [-0.05, 0) is 37.0 Å². The summed E-state index contributed by atoms with van der Waals surface area (Å²) in [5, 5.41) is 0. The van der Waals surface area contributed by atoms with Gasteiger partial charge in [-0.15, -0.1) is 0 Å². The third-order valence-electron chi connectivity index (χ3n) is 3.09. The fourth-order valence-corrected chi connectivity index (χ4v) is 2.02. The number of hydrogen-bond donors (Lipinski definition) is 0. The van der Waals surface area contributed by atoms with Crippen molar-refractivity contribution in [2.24, 2.45) is 0 Å². The van der Waals surface area contributed by atoms with E-state index in [9.17, 15) is 0 Å². The van der Waals surface area contributed by atoms with Crippen LogP contribution in [0.3, 0.4) is 0 Å². The number of anilines is 1. The number of aromatic nitrogens is 1. The van der Waals surface area contributed by atoms with Gasteiger partial charge in [0, 0.05) is 19.8 Å². The monoisotopic (exact) mass is 240 g/mol. The van der Waals surface area contributed by atoms with Crippen LogP contribution in [0.2, 0.25) is 0 Å². The number of rotatable bonds is 6. The van der Waals surface area contributed by atoms with Crippen LogP contribution in [0.25, 0.3) is 0 Å². The molecule has 0 aliphatic carbocycles. The first-order valence-electron chi connectivity index (χ1n) is 6.52. The molecule has 0 saturated heterocycles. The minimum Gasteiger partial charge on any atom is -0.360 e. The Kier molecular flexibility index (Phi) is 4.77. The second kappa shape index (κ2) is 6.80. The van der Waals surface area contributed by atoms with E-state index in [0.29, 0.717) is 0 Å². The number of nitrogens with zero attached hydrogens (tertiary/aromatic N) is 2. The van der Waals surface area contributed by atoms with Crippen LogP contribution in [0.5, 0.6) is 0 Å². The SMILES string of the molecule is CN(CCCCc1ccccc1)c1ccccn1. The zero-order chi connectivity index (χ0) is 12.6. The molecule has 2 rings (SSSR count). The molecular weight excluding hydrogens is 220 g/mol. The fourth-order valence-electron chi connectivity index (χ4n) is 2.02. The van der Waals surface area contributed by atoms with Crippen molar-refractivity contribution in [1.29, 1.82) is 0 Å². The van der Waals surface area contributed by atoms with E-state index in [4.69, 9.17) is 0 Å². The third kappa shape index (κ3) is 3.88. The van der Waals surface area contributed by atoms with E-state index in [2.05, 4.69) is 53.3 Å². The highest BCUT2D eigenvalue weighted by atomic mass is 15.2. The molecule has 1 aromatic heterocycles. The van der Waals surface area contributed by atoms with Crippen LogP contribution >= 0.6 is 0 Å². The molecule has 0 saturated carbocycles. The average molecular weight is 240 g/mol. The summed E-state index contributed by atoms with van der Waals surface area (Å²) in [5.74, 6) is 1.05. The largest absolute Gasteiger partial charge is 0.360 e. The van der Waals surface area contributed by atoms with Crippen LogP contribution in [0, 0.1) is 0 Å². The predicted octanol–water partition coefficient (Wildman–Crippen LogP) is 3.54. The third-order valence-corrected chi connectivity index (χ3v) is 3.09. The molecule has 2 heteroatoms.